The second-order valence-corrected chi connectivity index (χ2v) is 7.11. The Labute approximate surface area is 157 Å². The number of carbonyl (C=O) groups excluding carboxylic acids is 1. The van der Waals surface area contributed by atoms with Gasteiger partial charge in [-0.1, -0.05) is 69.8 Å². The Hall–Kier alpha value is -1.55. The largest absolute Gasteiger partial charge is 0.374 e. The second-order valence-electron chi connectivity index (χ2n) is 6.58. The van der Waals surface area contributed by atoms with Crippen LogP contribution in [0.15, 0.2) is 35.5 Å². The van der Waals surface area contributed by atoms with Gasteiger partial charge in [0.05, 0.1) is 0 Å². The minimum Gasteiger partial charge on any atom is -0.374 e. The average molecular weight is 367 g/mol. The molecule has 4 nitrogen and oxygen atoms in total. The van der Waals surface area contributed by atoms with Gasteiger partial charge in [-0.15, -0.1) is 11.6 Å². The first-order chi connectivity index (χ1) is 12.1. The molecule has 140 valence electrons. The number of oxime groups is 1. The van der Waals surface area contributed by atoms with Crippen LogP contribution in [0.2, 0.25) is 0 Å². The van der Waals surface area contributed by atoms with E-state index in [9.17, 15) is 4.79 Å². The van der Waals surface area contributed by atoms with E-state index in [1.165, 1.54) is 0 Å². The molecule has 0 bridgehead atoms. The molecule has 0 fully saturated rings. The van der Waals surface area contributed by atoms with Crippen molar-refractivity contribution in [1.29, 1.82) is 0 Å². The van der Waals surface area contributed by atoms with Crippen molar-refractivity contribution < 1.29 is 9.63 Å². The standard InChI is InChI=1S/C20H31ClN2O2/c1-4-5-15-22-25-16-23(18-12-7-6-8-13-18)20(24)19(21)14-10-9-11-17(2)3/h6-8,12-13,15,17,19H,4-5,9-11,14,16H2,1-3H3. The molecule has 1 rings (SSSR count). The zero-order chi connectivity index (χ0) is 18.5. The number of amides is 1. The zero-order valence-corrected chi connectivity index (χ0v) is 16.4. The summed E-state index contributed by atoms with van der Waals surface area (Å²) in [5, 5.41) is 3.36. The summed E-state index contributed by atoms with van der Waals surface area (Å²) in [7, 11) is 0. The zero-order valence-electron chi connectivity index (χ0n) is 15.7. The van der Waals surface area contributed by atoms with E-state index in [0.717, 1.165) is 37.8 Å². The number of alkyl halides is 1. The first kappa shape index (κ1) is 21.5. The average Bonchev–Trinajstić information content (AvgIpc) is 2.61. The minimum absolute atomic E-state index is 0.0677. The van der Waals surface area contributed by atoms with E-state index < -0.39 is 5.38 Å². The number of para-hydroxylation sites is 1. The predicted molar refractivity (Wildman–Crippen MR) is 106 cm³/mol. The van der Waals surface area contributed by atoms with E-state index in [-0.39, 0.29) is 12.6 Å². The third kappa shape index (κ3) is 8.92. The van der Waals surface area contributed by atoms with Crippen LogP contribution < -0.4 is 4.90 Å². The van der Waals surface area contributed by atoms with Gasteiger partial charge in [0, 0.05) is 11.9 Å². The topological polar surface area (TPSA) is 41.9 Å². The number of hydrogen-bond donors (Lipinski definition) is 0. The first-order valence-electron chi connectivity index (χ1n) is 9.20. The highest BCUT2D eigenvalue weighted by molar-refractivity contribution is 6.32. The predicted octanol–water partition coefficient (Wildman–Crippen LogP) is 5.60. The Morgan fingerprint density at radius 3 is 2.56 bits per heavy atom. The summed E-state index contributed by atoms with van der Waals surface area (Å²) in [5.41, 5.74) is 0.769. The molecule has 0 saturated carbocycles. The van der Waals surface area contributed by atoms with Crippen LogP contribution in [0.25, 0.3) is 0 Å². The van der Waals surface area contributed by atoms with Gasteiger partial charge in [0.25, 0.3) is 0 Å². The molecule has 1 amide bonds. The van der Waals surface area contributed by atoms with Crippen molar-refractivity contribution in [3.8, 4) is 0 Å². The van der Waals surface area contributed by atoms with Crippen LogP contribution in [0.3, 0.4) is 0 Å². The lowest BCUT2D eigenvalue weighted by molar-refractivity contribution is -0.119. The van der Waals surface area contributed by atoms with Crippen LogP contribution in [0, 0.1) is 5.92 Å². The fraction of sp³-hybridized carbons (Fsp3) is 0.600. The van der Waals surface area contributed by atoms with Gasteiger partial charge in [-0.25, -0.2) is 0 Å². The van der Waals surface area contributed by atoms with Crippen molar-refractivity contribution in [3.05, 3.63) is 30.3 Å². The summed E-state index contributed by atoms with van der Waals surface area (Å²) in [4.78, 5) is 19.6. The molecule has 1 unspecified atom stereocenters. The van der Waals surface area contributed by atoms with Crippen molar-refractivity contribution in [2.45, 2.75) is 64.7 Å². The summed E-state index contributed by atoms with van der Waals surface area (Å²) in [5.74, 6) is 0.544. The smallest absolute Gasteiger partial charge is 0.247 e. The molecule has 5 heteroatoms. The highest BCUT2D eigenvalue weighted by Crippen LogP contribution is 2.20. The van der Waals surface area contributed by atoms with Gasteiger partial charge in [-0.2, -0.15) is 0 Å². The molecule has 1 aromatic rings. The molecule has 0 N–H and O–H groups in total. The van der Waals surface area contributed by atoms with Crippen molar-refractivity contribution in [2.75, 3.05) is 11.6 Å². The highest BCUT2D eigenvalue weighted by Gasteiger charge is 2.24. The van der Waals surface area contributed by atoms with E-state index >= 15 is 0 Å². The lowest BCUT2D eigenvalue weighted by Gasteiger charge is -2.23. The molecule has 25 heavy (non-hydrogen) atoms. The number of nitrogens with zero attached hydrogens (tertiary/aromatic N) is 2. The maximum atomic E-state index is 12.8. The van der Waals surface area contributed by atoms with Crippen LogP contribution in [0.4, 0.5) is 5.69 Å². The quantitative estimate of drug-likeness (QED) is 0.159. The molecule has 0 aliphatic rings. The molecule has 1 atom stereocenters. The van der Waals surface area contributed by atoms with Crippen LogP contribution in [0.1, 0.15) is 59.3 Å². The summed E-state index contributed by atoms with van der Waals surface area (Å²) in [6, 6.07) is 9.44. The monoisotopic (exact) mass is 366 g/mol. The van der Waals surface area contributed by atoms with Crippen LogP contribution in [0.5, 0.6) is 0 Å². The summed E-state index contributed by atoms with van der Waals surface area (Å²) < 4.78 is 0. The molecule has 0 heterocycles. The molecule has 0 spiro atoms. The molecule has 0 aliphatic heterocycles. The van der Waals surface area contributed by atoms with Crippen molar-refractivity contribution in [2.24, 2.45) is 11.1 Å². The Kier molecular flexibility index (Phi) is 11.0. The third-order valence-corrected chi connectivity index (χ3v) is 4.25. The van der Waals surface area contributed by atoms with Crippen molar-refractivity contribution >= 4 is 29.4 Å². The van der Waals surface area contributed by atoms with Crippen LogP contribution in [-0.2, 0) is 9.63 Å². The summed E-state index contributed by atoms with van der Waals surface area (Å²) in [6.45, 7) is 6.55. The highest BCUT2D eigenvalue weighted by atomic mass is 35.5. The fourth-order valence-corrected chi connectivity index (χ4v) is 2.64. The molecule has 0 aliphatic carbocycles. The first-order valence-corrected chi connectivity index (χ1v) is 9.64. The molecule has 0 radical (unpaired) electrons. The van der Waals surface area contributed by atoms with E-state index in [2.05, 4.69) is 25.9 Å². The molecule has 0 aromatic heterocycles. The van der Waals surface area contributed by atoms with E-state index in [0.29, 0.717) is 12.3 Å². The Morgan fingerprint density at radius 2 is 1.92 bits per heavy atom. The third-order valence-electron chi connectivity index (χ3n) is 3.84. The number of anilines is 1. The van der Waals surface area contributed by atoms with Gasteiger partial charge in [0.2, 0.25) is 5.91 Å². The Morgan fingerprint density at radius 1 is 1.24 bits per heavy atom. The fourth-order valence-electron chi connectivity index (χ4n) is 2.37. The Bertz CT molecular complexity index is 506. The molecule has 1 aromatic carbocycles. The number of rotatable bonds is 12. The van der Waals surface area contributed by atoms with Crippen LogP contribution >= 0.6 is 11.6 Å². The van der Waals surface area contributed by atoms with Crippen LogP contribution in [-0.4, -0.2) is 24.2 Å². The van der Waals surface area contributed by atoms with Gasteiger partial charge >= 0.3 is 0 Å². The summed E-state index contributed by atoms with van der Waals surface area (Å²) in [6.07, 6.45) is 7.47. The number of halogens is 1. The molecular weight excluding hydrogens is 336 g/mol. The number of benzene rings is 1. The van der Waals surface area contributed by atoms with Gasteiger partial charge < -0.3 is 4.84 Å². The second kappa shape index (κ2) is 12.8. The SMILES string of the molecule is CCCC=NOCN(C(=O)C(Cl)CCCCC(C)C)c1ccccc1. The van der Waals surface area contributed by atoms with E-state index in [1.807, 2.05) is 30.3 Å². The van der Waals surface area contributed by atoms with Gasteiger partial charge in [0.15, 0.2) is 6.73 Å². The van der Waals surface area contributed by atoms with E-state index in [4.69, 9.17) is 16.4 Å². The maximum absolute atomic E-state index is 12.8. The normalized spacial score (nSPS) is 12.5. The summed E-state index contributed by atoms with van der Waals surface area (Å²) >= 11 is 6.37. The number of unbranched alkanes of at least 4 members (excludes halogenated alkanes) is 2. The van der Waals surface area contributed by atoms with Crippen molar-refractivity contribution in [1.82, 2.24) is 0 Å². The minimum atomic E-state index is -0.546. The number of carbonyl (C=O) groups is 1. The molecular formula is C20H31ClN2O2. The molecule has 0 saturated heterocycles. The van der Waals surface area contributed by atoms with Gasteiger partial charge in [0.1, 0.15) is 5.38 Å². The lowest BCUT2D eigenvalue weighted by atomic mass is 10.0. The van der Waals surface area contributed by atoms with Gasteiger partial charge in [-0.05, 0) is 30.9 Å². The van der Waals surface area contributed by atoms with Crippen molar-refractivity contribution in [3.63, 3.8) is 0 Å². The van der Waals surface area contributed by atoms with E-state index in [1.54, 1.807) is 11.1 Å². The maximum Gasteiger partial charge on any atom is 0.247 e. The Balaban J connectivity index is 2.62. The number of hydrogen-bond acceptors (Lipinski definition) is 3. The lowest BCUT2D eigenvalue weighted by Crippen LogP contribution is -2.38. The van der Waals surface area contributed by atoms with Gasteiger partial charge in [-0.3, -0.25) is 9.69 Å².